The highest BCUT2D eigenvalue weighted by Gasteiger charge is 2.10. The molecule has 1 aliphatic carbocycles. The molecule has 2 heteroatoms. The second-order valence-corrected chi connectivity index (χ2v) is 5.87. The van der Waals surface area contributed by atoms with Gasteiger partial charge in [-0.15, -0.1) is 11.8 Å². The Bertz CT molecular complexity index is 522. The zero-order chi connectivity index (χ0) is 12.2. The lowest BCUT2D eigenvalue weighted by molar-refractivity contribution is 0.911. The lowest BCUT2D eigenvalue weighted by Crippen LogP contribution is -1.91. The van der Waals surface area contributed by atoms with E-state index in [1.807, 2.05) is 24.0 Å². The van der Waals surface area contributed by atoms with Crippen molar-refractivity contribution in [3.63, 3.8) is 0 Å². The normalized spacial score (nSPS) is 13.6. The van der Waals surface area contributed by atoms with Crippen LogP contribution in [0.3, 0.4) is 0 Å². The predicted octanol–water partition coefficient (Wildman–Crippen LogP) is 3.91. The van der Waals surface area contributed by atoms with E-state index in [-0.39, 0.29) is 0 Å². The number of nitrogens with zero attached hydrogens (tertiary/aromatic N) is 1. The number of pyridine rings is 1. The van der Waals surface area contributed by atoms with Gasteiger partial charge in [-0.3, -0.25) is 4.98 Å². The maximum atomic E-state index is 4.35. The Morgan fingerprint density at radius 2 is 2.00 bits per heavy atom. The van der Waals surface area contributed by atoms with Crippen molar-refractivity contribution in [3.8, 4) is 0 Å². The van der Waals surface area contributed by atoms with Crippen LogP contribution in [0, 0.1) is 0 Å². The third-order valence-corrected chi connectivity index (χ3v) is 4.42. The Kier molecular flexibility index (Phi) is 3.65. The first-order valence-electron chi connectivity index (χ1n) is 6.56. The molecule has 0 atom stereocenters. The molecule has 2 aromatic rings. The zero-order valence-corrected chi connectivity index (χ0v) is 11.2. The molecule has 0 fully saturated rings. The first-order chi connectivity index (χ1) is 8.92. The molecule has 0 radical (unpaired) electrons. The molecule has 0 saturated carbocycles. The summed E-state index contributed by atoms with van der Waals surface area (Å²) in [6.07, 6.45) is 6.79. The van der Waals surface area contributed by atoms with Crippen molar-refractivity contribution in [2.24, 2.45) is 0 Å². The summed E-state index contributed by atoms with van der Waals surface area (Å²) in [5.41, 5.74) is 4.31. The Labute approximate surface area is 113 Å². The minimum atomic E-state index is 1.04. The lowest BCUT2D eigenvalue weighted by Gasteiger charge is -2.04. The van der Waals surface area contributed by atoms with Gasteiger partial charge in [-0.05, 0) is 61.1 Å². The quantitative estimate of drug-likeness (QED) is 0.768. The van der Waals surface area contributed by atoms with Crippen molar-refractivity contribution in [1.82, 2.24) is 4.98 Å². The van der Waals surface area contributed by atoms with Gasteiger partial charge in [0.15, 0.2) is 0 Å². The zero-order valence-electron chi connectivity index (χ0n) is 10.4. The smallest absolute Gasteiger partial charge is 0.0411 e. The fourth-order valence-corrected chi connectivity index (χ4v) is 3.39. The topological polar surface area (TPSA) is 12.9 Å². The standard InChI is InChI=1S/C16H17NS/c1-2-10-17-15(6-1)9-11-18-16-8-7-13-4-3-5-14(13)12-16/h1-2,6-8,10,12H,3-5,9,11H2. The number of fused-ring (bicyclic) bond motifs is 1. The van der Waals surface area contributed by atoms with Crippen LogP contribution >= 0.6 is 11.8 Å². The molecule has 0 N–H and O–H groups in total. The molecule has 0 bridgehead atoms. The van der Waals surface area contributed by atoms with E-state index in [1.165, 1.54) is 29.9 Å². The van der Waals surface area contributed by atoms with Crippen molar-refractivity contribution < 1.29 is 0 Å². The van der Waals surface area contributed by atoms with Gasteiger partial charge in [0.1, 0.15) is 0 Å². The molecule has 0 unspecified atom stereocenters. The van der Waals surface area contributed by atoms with E-state index in [0.717, 1.165) is 12.2 Å². The second-order valence-electron chi connectivity index (χ2n) is 4.70. The van der Waals surface area contributed by atoms with Crippen molar-refractivity contribution in [2.45, 2.75) is 30.6 Å². The molecule has 1 nitrogen and oxygen atoms in total. The fraction of sp³-hybridized carbons (Fsp3) is 0.312. The van der Waals surface area contributed by atoms with Crippen LogP contribution in [0.15, 0.2) is 47.5 Å². The summed E-state index contributed by atoms with van der Waals surface area (Å²) in [5, 5.41) is 0. The number of rotatable bonds is 4. The summed E-state index contributed by atoms with van der Waals surface area (Å²) in [7, 11) is 0. The van der Waals surface area contributed by atoms with Crippen LogP contribution in [0.5, 0.6) is 0 Å². The molecule has 0 amide bonds. The summed E-state index contributed by atoms with van der Waals surface area (Å²) in [4.78, 5) is 5.76. The van der Waals surface area contributed by atoms with Gasteiger partial charge in [-0.2, -0.15) is 0 Å². The van der Waals surface area contributed by atoms with Gasteiger partial charge in [0.2, 0.25) is 0 Å². The van der Waals surface area contributed by atoms with Gasteiger partial charge in [0.05, 0.1) is 0 Å². The van der Waals surface area contributed by atoms with Gasteiger partial charge in [-0.25, -0.2) is 0 Å². The van der Waals surface area contributed by atoms with E-state index in [0.29, 0.717) is 0 Å². The van der Waals surface area contributed by atoms with Gasteiger partial charge in [0.25, 0.3) is 0 Å². The molecule has 0 spiro atoms. The number of thioether (sulfide) groups is 1. The average molecular weight is 255 g/mol. The van der Waals surface area contributed by atoms with Crippen LogP contribution in [0.25, 0.3) is 0 Å². The Balaban J connectivity index is 1.57. The van der Waals surface area contributed by atoms with Crippen LogP contribution in [-0.2, 0) is 19.3 Å². The van der Waals surface area contributed by atoms with Crippen LogP contribution in [0.1, 0.15) is 23.2 Å². The second kappa shape index (κ2) is 5.57. The lowest BCUT2D eigenvalue weighted by atomic mass is 10.1. The Hall–Kier alpha value is -1.28. The summed E-state index contributed by atoms with van der Waals surface area (Å²) in [6, 6.07) is 13.1. The highest BCUT2D eigenvalue weighted by molar-refractivity contribution is 7.99. The molecule has 1 aliphatic rings. The minimum Gasteiger partial charge on any atom is -0.261 e. The summed E-state index contributed by atoms with van der Waals surface area (Å²) in [5.74, 6) is 1.11. The molecule has 1 aromatic carbocycles. The van der Waals surface area contributed by atoms with E-state index < -0.39 is 0 Å². The van der Waals surface area contributed by atoms with Crippen molar-refractivity contribution >= 4 is 11.8 Å². The van der Waals surface area contributed by atoms with E-state index in [4.69, 9.17) is 0 Å². The minimum absolute atomic E-state index is 1.04. The van der Waals surface area contributed by atoms with Gasteiger partial charge >= 0.3 is 0 Å². The molecule has 1 heterocycles. The van der Waals surface area contributed by atoms with E-state index >= 15 is 0 Å². The average Bonchev–Trinajstić information content (AvgIpc) is 2.87. The number of aromatic nitrogens is 1. The highest BCUT2D eigenvalue weighted by atomic mass is 32.2. The Morgan fingerprint density at radius 3 is 2.89 bits per heavy atom. The van der Waals surface area contributed by atoms with Gasteiger partial charge < -0.3 is 0 Å². The summed E-state index contributed by atoms with van der Waals surface area (Å²) in [6.45, 7) is 0. The molecule has 1 aromatic heterocycles. The van der Waals surface area contributed by atoms with Crippen LogP contribution in [-0.4, -0.2) is 10.7 Å². The number of benzene rings is 1. The first kappa shape index (κ1) is 11.8. The maximum Gasteiger partial charge on any atom is 0.0411 e. The number of hydrogen-bond acceptors (Lipinski definition) is 2. The van der Waals surface area contributed by atoms with E-state index in [1.54, 1.807) is 11.1 Å². The molecule has 0 saturated heterocycles. The third-order valence-electron chi connectivity index (χ3n) is 3.42. The van der Waals surface area contributed by atoms with Crippen LogP contribution < -0.4 is 0 Å². The molecular weight excluding hydrogens is 238 g/mol. The van der Waals surface area contributed by atoms with E-state index in [9.17, 15) is 0 Å². The third kappa shape index (κ3) is 2.75. The van der Waals surface area contributed by atoms with E-state index in [2.05, 4.69) is 35.3 Å². The maximum absolute atomic E-state index is 4.35. The SMILES string of the molecule is c1ccc(CCSc2ccc3c(c2)CCC3)nc1. The van der Waals surface area contributed by atoms with Gasteiger partial charge in [0, 0.05) is 22.5 Å². The predicted molar refractivity (Wildman–Crippen MR) is 77.1 cm³/mol. The monoisotopic (exact) mass is 255 g/mol. The largest absolute Gasteiger partial charge is 0.261 e. The summed E-state index contributed by atoms with van der Waals surface area (Å²) >= 11 is 1.94. The molecule has 0 aliphatic heterocycles. The van der Waals surface area contributed by atoms with Gasteiger partial charge in [-0.1, -0.05) is 12.1 Å². The fourth-order valence-electron chi connectivity index (χ4n) is 2.46. The molecule has 92 valence electrons. The Morgan fingerprint density at radius 1 is 1.06 bits per heavy atom. The van der Waals surface area contributed by atoms with Crippen molar-refractivity contribution in [1.29, 1.82) is 0 Å². The summed E-state index contributed by atoms with van der Waals surface area (Å²) < 4.78 is 0. The van der Waals surface area contributed by atoms with Crippen LogP contribution in [0.2, 0.25) is 0 Å². The number of hydrogen-bond donors (Lipinski definition) is 0. The first-order valence-corrected chi connectivity index (χ1v) is 7.55. The molecular formula is C16H17NS. The van der Waals surface area contributed by atoms with Crippen molar-refractivity contribution in [3.05, 3.63) is 59.4 Å². The number of aryl methyl sites for hydroxylation is 3. The molecule has 18 heavy (non-hydrogen) atoms. The molecule has 3 rings (SSSR count). The van der Waals surface area contributed by atoms with Crippen molar-refractivity contribution in [2.75, 3.05) is 5.75 Å². The van der Waals surface area contributed by atoms with Crippen LogP contribution in [0.4, 0.5) is 0 Å². The highest BCUT2D eigenvalue weighted by Crippen LogP contribution is 2.27.